The molecule has 4 aliphatic rings. The predicted molar refractivity (Wildman–Crippen MR) is 113 cm³/mol. The Kier molecular flexibility index (Phi) is 5.18. The van der Waals surface area contributed by atoms with E-state index in [1.54, 1.807) is 12.1 Å². The molecule has 0 amide bonds. The van der Waals surface area contributed by atoms with Gasteiger partial charge in [-0.15, -0.1) is 0 Å². The number of halogens is 2. The van der Waals surface area contributed by atoms with Crippen molar-refractivity contribution >= 4 is 15.9 Å². The Hall–Kier alpha value is -1.39. The monoisotopic (exact) mass is 443 g/mol. The molecule has 28 heavy (non-hydrogen) atoms. The smallest absolute Gasteiger partial charge is 0.124 e. The van der Waals surface area contributed by atoms with Crippen LogP contribution in [0.3, 0.4) is 0 Å². The minimum absolute atomic E-state index is 0.215. The Balaban J connectivity index is 1.26. The third kappa shape index (κ3) is 3.86. The first-order valence-corrected chi connectivity index (χ1v) is 11.3. The zero-order valence-electron chi connectivity index (χ0n) is 16.0. The van der Waals surface area contributed by atoms with Crippen molar-refractivity contribution in [3.63, 3.8) is 0 Å². The maximum atomic E-state index is 13.1. The summed E-state index contributed by atoms with van der Waals surface area (Å²) in [7, 11) is 0. The van der Waals surface area contributed by atoms with E-state index in [0.29, 0.717) is 12.6 Å². The largest absolute Gasteiger partial charge is 0.489 e. The molecule has 148 valence electrons. The van der Waals surface area contributed by atoms with Crippen LogP contribution >= 0.6 is 15.9 Å². The summed E-state index contributed by atoms with van der Waals surface area (Å²) in [5, 5.41) is 3.90. The normalized spacial score (nSPS) is 30.6. The van der Waals surface area contributed by atoms with Crippen LogP contribution in [0.4, 0.5) is 4.39 Å². The van der Waals surface area contributed by atoms with Gasteiger partial charge >= 0.3 is 0 Å². The summed E-state index contributed by atoms with van der Waals surface area (Å²) in [6.07, 6.45) is 7.20. The van der Waals surface area contributed by atoms with E-state index in [-0.39, 0.29) is 5.82 Å². The molecule has 0 unspecified atom stereocenters. The van der Waals surface area contributed by atoms with E-state index in [0.717, 1.165) is 46.0 Å². The van der Waals surface area contributed by atoms with Crippen molar-refractivity contribution in [2.45, 2.75) is 51.3 Å². The van der Waals surface area contributed by atoms with Gasteiger partial charge in [0.25, 0.3) is 0 Å². The molecular formula is C24H27BrFNO. The first-order valence-electron chi connectivity index (χ1n) is 10.5. The molecule has 0 radical (unpaired) electrons. The van der Waals surface area contributed by atoms with Crippen LogP contribution in [-0.4, -0.2) is 6.04 Å². The van der Waals surface area contributed by atoms with Crippen molar-refractivity contribution in [2.75, 3.05) is 0 Å². The maximum absolute atomic E-state index is 13.1. The van der Waals surface area contributed by atoms with E-state index in [1.165, 1.54) is 49.8 Å². The minimum atomic E-state index is -0.215. The van der Waals surface area contributed by atoms with Crippen LogP contribution in [0.1, 0.15) is 43.2 Å². The highest BCUT2D eigenvalue weighted by Crippen LogP contribution is 2.53. The molecule has 4 bridgehead atoms. The van der Waals surface area contributed by atoms with Gasteiger partial charge in [0, 0.05) is 22.6 Å². The van der Waals surface area contributed by atoms with Crippen LogP contribution in [0, 0.1) is 29.5 Å². The molecule has 4 heteroatoms. The van der Waals surface area contributed by atoms with Crippen LogP contribution in [0.5, 0.6) is 5.75 Å². The molecule has 0 saturated heterocycles. The highest BCUT2D eigenvalue weighted by Gasteiger charge is 2.47. The van der Waals surface area contributed by atoms with Gasteiger partial charge in [-0.25, -0.2) is 4.39 Å². The number of hydrogen-bond acceptors (Lipinski definition) is 2. The van der Waals surface area contributed by atoms with Crippen LogP contribution in [-0.2, 0) is 13.2 Å². The summed E-state index contributed by atoms with van der Waals surface area (Å²) in [5.41, 5.74) is 2.16. The predicted octanol–water partition coefficient (Wildman–Crippen LogP) is 6.08. The number of hydrogen-bond donors (Lipinski definition) is 1. The van der Waals surface area contributed by atoms with Crippen molar-refractivity contribution < 1.29 is 9.13 Å². The van der Waals surface area contributed by atoms with Gasteiger partial charge < -0.3 is 10.1 Å². The zero-order chi connectivity index (χ0) is 19.1. The maximum Gasteiger partial charge on any atom is 0.124 e. The Bertz CT molecular complexity index is 809. The van der Waals surface area contributed by atoms with Gasteiger partial charge in [0.05, 0.1) is 0 Å². The second kappa shape index (κ2) is 7.79. The molecular weight excluding hydrogens is 417 g/mol. The molecule has 4 saturated carbocycles. The van der Waals surface area contributed by atoms with Crippen LogP contribution in [0.2, 0.25) is 0 Å². The number of ether oxygens (including phenoxy) is 1. The van der Waals surface area contributed by atoms with Crippen LogP contribution in [0.25, 0.3) is 0 Å². The molecule has 0 spiro atoms. The molecule has 2 aromatic carbocycles. The van der Waals surface area contributed by atoms with Crippen molar-refractivity contribution in [1.29, 1.82) is 0 Å². The van der Waals surface area contributed by atoms with Gasteiger partial charge in [-0.1, -0.05) is 28.1 Å². The second-order valence-electron chi connectivity index (χ2n) is 9.00. The molecule has 0 heterocycles. The highest BCUT2D eigenvalue weighted by molar-refractivity contribution is 9.10. The van der Waals surface area contributed by atoms with E-state index >= 15 is 0 Å². The third-order valence-electron chi connectivity index (χ3n) is 7.09. The molecule has 6 rings (SSSR count). The van der Waals surface area contributed by atoms with Gasteiger partial charge in [0.1, 0.15) is 18.2 Å². The van der Waals surface area contributed by atoms with Gasteiger partial charge in [-0.2, -0.15) is 0 Å². The van der Waals surface area contributed by atoms with Gasteiger partial charge in [0.2, 0.25) is 0 Å². The molecule has 2 aromatic rings. The van der Waals surface area contributed by atoms with Crippen molar-refractivity contribution in [3.8, 4) is 5.75 Å². The fourth-order valence-corrected chi connectivity index (χ4v) is 6.46. The summed E-state index contributed by atoms with van der Waals surface area (Å²) in [5.74, 6) is 4.43. The molecule has 0 aliphatic heterocycles. The molecule has 1 N–H and O–H groups in total. The van der Waals surface area contributed by atoms with Crippen molar-refractivity contribution in [3.05, 3.63) is 63.9 Å². The van der Waals surface area contributed by atoms with Gasteiger partial charge in [0.15, 0.2) is 0 Å². The van der Waals surface area contributed by atoms with Crippen LogP contribution in [0.15, 0.2) is 46.9 Å². The summed E-state index contributed by atoms with van der Waals surface area (Å²) < 4.78 is 20.3. The molecule has 4 aliphatic carbocycles. The lowest BCUT2D eigenvalue weighted by atomic mass is 9.54. The lowest BCUT2D eigenvalue weighted by molar-refractivity contribution is -0.0143. The van der Waals surface area contributed by atoms with Crippen molar-refractivity contribution in [1.82, 2.24) is 5.32 Å². The second-order valence-corrected chi connectivity index (χ2v) is 9.92. The molecule has 4 fully saturated rings. The molecule has 0 aromatic heterocycles. The molecule has 2 nitrogen and oxygen atoms in total. The summed E-state index contributed by atoms with van der Waals surface area (Å²) in [6.45, 7) is 1.29. The fraction of sp³-hybridized carbons (Fsp3) is 0.500. The topological polar surface area (TPSA) is 21.3 Å². The average Bonchev–Trinajstić information content (AvgIpc) is 2.67. The summed E-state index contributed by atoms with van der Waals surface area (Å²) >= 11 is 3.60. The lowest BCUT2D eigenvalue weighted by Gasteiger charge is -2.54. The standard InChI is InChI=1S/C24H27BrFNO/c25-21-3-6-23(28-14-15-1-4-22(26)5-2-15)20(12-21)13-27-24-18-8-16-7-17(10-18)11-19(24)9-16/h1-6,12,16-19,24,27H,7-11,13-14H2. The van der Waals surface area contributed by atoms with Crippen LogP contribution < -0.4 is 10.1 Å². The van der Waals surface area contributed by atoms with E-state index in [1.807, 2.05) is 12.1 Å². The third-order valence-corrected chi connectivity index (χ3v) is 7.58. The van der Waals surface area contributed by atoms with E-state index in [9.17, 15) is 4.39 Å². The van der Waals surface area contributed by atoms with Crippen molar-refractivity contribution in [2.24, 2.45) is 23.7 Å². The van der Waals surface area contributed by atoms with E-state index in [2.05, 4.69) is 27.3 Å². The van der Waals surface area contributed by atoms with E-state index in [4.69, 9.17) is 4.74 Å². The zero-order valence-corrected chi connectivity index (χ0v) is 17.6. The Morgan fingerprint density at radius 2 is 1.61 bits per heavy atom. The average molecular weight is 444 g/mol. The SMILES string of the molecule is Fc1ccc(COc2ccc(Br)cc2CNC2C3CC4CC(C3)CC2C4)cc1. The highest BCUT2D eigenvalue weighted by atomic mass is 79.9. The Morgan fingerprint density at radius 1 is 0.929 bits per heavy atom. The fourth-order valence-electron chi connectivity index (χ4n) is 6.05. The number of benzene rings is 2. The summed E-state index contributed by atoms with van der Waals surface area (Å²) in [4.78, 5) is 0. The first-order chi connectivity index (χ1) is 13.6. The minimum Gasteiger partial charge on any atom is -0.489 e. The lowest BCUT2D eigenvalue weighted by Crippen LogP contribution is -2.54. The van der Waals surface area contributed by atoms with E-state index < -0.39 is 0 Å². The Labute approximate surface area is 175 Å². The summed E-state index contributed by atoms with van der Waals surface area (Å²) in [6, 6.07) is 13.4. The quantitative estimate of drug-likeness (QED) is 0.583. The Morgan fingerprint density at radius 3 is 2.29 bits per heavy atom. The van der Waals surface area contributed by atoms with Gasteiger partial charge in [-0.05, 0) is 91.7 Å². The number of rotatable bonds is 6. The molecule has 0 atom stereocenters. The van der Waals surface area contributed by atoms with Gasteiger partial charge in [-0.3, -0.25) is 0 Å². The first kappa shape index (κ1) is 18.6. The number of nitrogens with one attached hydrogen (secondary N) is 1.